The molecule has 1 atom stereocenters. The van der Waals surface area contributed by atoms with Gasteiger partial charge in [-0.2, -0.15) is 11.8 Å². The van der Waals surface area contributed by atoms with Crippen molar-refractivity contribution in [2.45, 2.75) is 31.4 Å². The number of carboxylic acids is 1. The lowest BCUT2D eigenvalue weighted by Crippen LogP contribution is -2.39. The second-order valence-electron chi connectivity index (χ2n) is 5.51. The minimum absolute atomic E-state index is 0.0820. The number of hydrogen-bond donors (Lipinski definition) is 3. The van der Waals surface area contributed by atoms with Crippen molar-refractivity contribution in [2.75, 3.05) is 17.6 Å². The first kappa shape index (κ1) is 15.7. The Hall–Kier alpha value is -1.69. The summed E-state index contributed by atoms with van der Waals surface area (Å²) >= 11 is 1.87. The number of amides is 2. The predicted octanol–water partition coefficient (Wildman–Crippen LogP) is 3.10. The highest BCUT2D eigenvalue weighted by Crippen LogP contribution is 2.36. The van der Waals surface area contributed by atoms with Crippen LogP contribution in [0.4, 0.5) is 10.5 Å². The number of hydrogen-bond acceptors (Lipinski definition) is 3. The van der Waals surface area contributed by atoms with Crippen LogP contribution in [0.15, 0.2) is 18.2 Å². The van der Waals surface area contributed by atoms with Gasteiger partial charge < -0.3 is 15.7 Å². The molecule has 0 aliphatic carbocycles. The van der Waals surface area contributed by atoms with Crippen molar-refractivity contribution in [1.29, 1.82) is 0 Å². The van der Waals surface area contributed by atoms with Crippen molar-refractivity contribution in [3.8, 4) is 0 Å². The first-order valence-electron chi connectivity index (χ1n) is 6.93. The maximum absolute atomic E-state index is 12.0. The SMILES string of the molecule is Cc1cccc(C(=O)O)c1NC(=O)NCC1(C)CCCS1. The molecule has 1 aromatic rings. The molecule has 0 saturated carbocycles. The largest absolute Gasteiger partial charge is 0.478 e. The molecule has 1 fully saturated rings. The number of rotatable bonds is 4. The molecule has 1 aliphatic heterocycles. The maximum Gasteiger partial charge on any atom is 0.337 e. The van der Waals surface area contributed by atoms with Gasteiger partial charge in [0.1, 0.15) is 0 Å². The van der Waals surface area contributed by atoms with Crippen LogP contribution in [0.25, 0.3) is 0 Å². The summed E-state index contributed by atoms with van der Waals surface area (Å²) in [5.41, 5.74) is 1.19. The van der Waals surface area contributed by atoms with Crippen molar-refractivity contribution in [3.63, 3.8) is 0 Å². The first-order chi connectivity index (χ1) is 9.91. The van der Waals surface area contributed by atoms with E-state index in [9.17, 15) is 14.7 Å². The number of aromatic carboxylic acids is 1. The summed E-state index contributed by atoms with van der Waals surface area (Å²) in [6, 6.07) is 4.56. The van der Waals surface area contributed by atoms with Crippen molar-refractivity contribution < 1.29 is 14.7 Å². The smallest absolute Gasteiger partial charge is 0.337 e. The van der Waals surface area contributed by atoms with Crippen LogP contribution in [0, 0.1) is 6.92 Å². The lowest BCUT2D eigenvalue weighted by atomic mass is 10.1. The van der Waals surface area contributed by atoms with E-state index in [1.54, 1.807) is 19.1 Å². The molecule has 5 nitrogen and oxygen atoms in total. The number of para-hydroxylation sites is 1. The number of carbonyl (C=O) groups excluding carboxylic acids is 1. The summed E-state index contributed by atoms with van der Waals surface area (Å²) in [4.78, 5) is 23.2. The molecular weight excluding hydrogens is 288 g/mol. The predicted molar refractivity (Wildman–Crippen MR) is 85.3 cm³/mol. The van der Waals surface area contributed by atoms with Gasteiger partial charge in [0.15, 0.2) is 0 Å². The normalized spacial score (nSPS) is 21.0. The van der Waals surface area contributed by atoms with Crippen LogP contribution in [0.1, 0.15) is 35.7 Å². The average Bonchev–Trinajstić information content (AvgIpc) is 2.86. The third-order valence-electron chi connectivity index (χ3n) is 3.67. The summed E-state index contributed by atoms with van der Waals surface area (Å²) in [5, 5.41) is 14.7. The van der Waals surface area contributed by atoms with Gasteiger partial charge in [-0.1, -0.05) is 12.1 Å². The topological polar surface area (TPSA) is 78.4 Å². The van der Waals surface area contributed by atoms with E-state index in [0.29, 0.717) is 12.2 Å². The molecule has 1 aromatic carbocycles. The zero-order valence-corrected chi connectivity index (χ0v) is 13.0. The summed E-state index contributed by atoms with van der Waals surface area (Å²) in [5.74, 6) is 0.0770. The molecule has 1 aliphatic rings. The molecule has 114 valence electrons. The van der Waals surface area contributed by atoms with Gasteiger partial charge in [0.25, 0.3) is 0 Å². The van der Waals surface area contributed by atoms with Crippen molar-refractivity contribution in [3.05, 3.63) is 29.3 Å². The Balaban J connectivity index is 2.01. The van der Waals surface area contributed by atoms with E-state index < -0.39 is 5.97 Å². The third kappa shape index (κ3) is 3.91. The number of aryl methyl sites for hydroxylation is 1. The Morgan fingerprint density at radius 3 is 2.81 bits per heavy atom. The van der Waals surface area contributed by atoms with Crippen LogP contribution in [0.2, 0.25) is 0 Å². The van der Waals surface area contributed by atoms with E-state index in [-0.39, 0.29) is 16.3 Å². The zero-order valence-electron chi connectivity index (χ0n) is 12.2. The van der Waals surface area contributed by atoms with Gasteiger partial charge in [-0.15, -0.1) is 0 Å². The van der Waals surface area contributed by atoms with Crippen LogP contribution >= 0.6 is 11.8 Å². The first-order valence-corrected chi connectivity index (χ1v) is 7.91. The highest BCUT2D eigenvalue weighted by molar-refractivity contribution is 8.00. The number of nitrogens with one attached hydrogen (secondary N) is 2. The fourth-order valence-electron chi connectivity index (χ4n) is 2.41. The molecule has 0 spiro atoms. The molecule has 2 amide bonds. The Labute approximate surface area is 128 Å². The molecule has 6 heteroatoms. The van der Waals surface area contributed by atoms with Crippen LogP contribution in [0.5, 0.6) is 0 Å². The van der Waals surface area contributed by atoms with Crippen LogP contribution in [0.3, 0.4) is 0 Å². The van der Waals surface area contributed by atoms with Gasteiger partial charge >= 0.3 is 12.0 Å². The summed E-state index contributed by atoms with van der Waals surface area (Å²) in [6.45, 7) is 4.50. The Morgan fingerprint density at radius 1 is 1.43 bits per heavy atom. The molecular formula is C15H20N2O3S. The number of anilines is 1. The third-order valence-corrected chi connectivity index (χ3v) is 5.20. The molecule has 2 rings (SSSR count). The molecule has 0 radical (unpaired) electrons. The summed E-state index contributed by atoms with van der Waals surface area (Å²) < 4.78 is 0.0820. The van der Waals surface area contributed by atoms with E-state index in [4.69, 9.17) is 0 Å². The number of thioether (sulfide) groups is 1. The van der Waals surface area contributed by atoms with E-state index >= 15 is 0 Å². The van der Waals surface area contributed by atoms with E-state index in [1.807, 2.05) is 11.8 Å². The van der Waals surface area contributed by atoms with E-state index in [0.717, 1.165) is 17.7 Å². The summed E-state index contributed by atoms with van der Waals surface area (Å²) in [6.07, 6.45) is 2.26. The van der Waals surface area contributed by atoms with Gasteiger partial charge in [0.05, 0.1) is 11.3 Å². The van der Waals surface area contributed by atoms with Gasteiger partial charge in [-0.25, -0.2) is 9.59 Å². The second kappa shape index (κ2) is 6.39. The maximum atomic E-state index is 12.0. The van der Waals surface area contributed by atoms with Gasteiger partial charge in [-0.05, 0) is 44.1 Å². The lowest BCUT2D eigenvalue weighted by Gasteiger charge is -2.23. The molecule has 0 bridgehead atoms. The van der Waals surface area contributed by atoms with Crippen molar-refractivity contribution in [2.24, 2.45) is 0 Å². The second-order valence-corrected chi connectivity index (χ2v) is 7.19. The van der Waals surface area contributed by atoms with Crippen LogP contribution < -0.4 is 10.6 Å². The number of carbonyl (C=O) groups is 2. The van der Waals surface area contributed by atoms with Gasteiger partial charge in [-0.3, -0.25) is 0 Å². The van der Waals surface area contributed by atoms with Gasteiger partial charge in [0.2, 0.25) is 0 Å². The Morgan fingerprint density at radius 2 is 2.19 bits per heavy atom. The zero-order chi connectivity index (χ0) is 15.5. The molecule has 3 N–H and O–H groups in total. The molecule has 1 unspecified atom stereocenters. The number of carboxylic acid groups (broad SMARTS) is 1. The number of benzene rings is 1. The van der Waals surface area contributed by atoms with Gasteiger partial charge in [0, 0.05) is 11.3 Å². The average molecular weight is 308 g/mol. The Kier molecular flexibility index (Phi) is 4.77. The van der Waals surface area contributed by atoms with Crippen molar-refractivity contribution >= 4 is 29.4 Å². The molecule has 1 saturated heterocycles. The van der Waals surface area contributed by atoms with E-state index in [1.165, 1.54) is 12.5 Å². The monoisotopic (exact) mass is 308 g/mol. The highest BCUT2D eigenvalue weighted by Gasteiger charge is 2.29. The molecule has 21 heavy (non-hydrogen) atoms. The fourth-order valence-corrected chi connectivity index (χ4v) is 3.66. The molecule has 0 aromatic heterocycles. The van der Waals surface area contributed by atoms with Crippen molar-refractivity contribution in [1.82, 2.24) is 5.32 Å². The minimum atomic E-state index is -1.05. The molecule has 1 heterocycles. The highest BCUT2D eigenvalue weighted by atomic mass is 32.2. The number of urea groups is 1. The minimum Gasteiger partial charge on any atom is -0.478 e. The lowest BCUT2D eigenvalue weighted by molar-refractivity contribution is 0.0698. The quantitative estimate of drug-likeness (QED) is 0.798. The van der Waals surface area contributed by atoms with E-state index in [2.05, 4.69) is 17.6 Å². The van der Waals surface area contributed by atoms with Crippen LogP contribution in [-0.4, -0.2) is 34.2 Å². The van der Waals surface area contributed by atoms with Crippen LogP contribution in [-0.2, 0) is 0 Å². The Bertz CT molecular complexity index is 554. The fraction of sp³-hybridized carbons (Fsp3) is 0.467. The standard InChI is InChI=1S/C15H20N2O3S/c1-10-5-3-6-11(13(18)19)12(10)17-14(20)16-9-15(2)7-4-8-21-15/h3,5-6H,4,7-9H2,1-2H3,(H,18,19)(H2,16,17,20). The summed E-state index contributed by atoms with van der Waals surface area (Å²) in [7, 11) is 0.